The van der Waals surface area contributed by atoms with Crippen LogP contribution in [0.5, 0.6) is 0 Å². The molecule has 10 nitrogen and oxygen atoms in total. The molecule has 0 amide bonds. The average Bonchev–Trinajstić information content (AvgIpc) is 3.35. The molecule has 1 aliphatic heterocycles. The third kappa shape index (κ3) is 3.60. The van der Waals surface area contributed by atoms with Crippen LogP contribution in [0.4, 0.5) is 11.4 Å². The third-order valence-corrected chi connectivity index (χ3v) is 5.20. The van der Waals surface area contributed by atoms with Crippen molar-refractivity contribution in [2.75, 3.05) is 18.0 Å². The minimum absolute atomic E-state index is 0.0843. The van der Waals surface area contributed by atoms with E-state index in [0.717, 1.165) is 12.8 Å². The largest absolute Gasteiger partial charge is 0.366 e. The standard InChI is InChI=1S/C19H20N6O4/c1-12-21-18(22-29-12)13-5-8-24(9-6-13)15-4-3-14(11-16(15)25(27)28)17(26)19-20-7-10-23(19)2/h3-4,7,10-11,13H,5-6,8-9H2,1-2H3. The van der Waals surface area contributed by atoms with Crippen LogP contribution in [-0.2, 0) is 7.05 Å². The van der Waals surface area contributed by atoms with Gasteiger partial charge in [-0.2, -0.15) is 4.98 Å². The maximum absolute atomic E-state index is 12.7. The molecule has 0 N–H and O–H groups in total. The van der Waals surface area contributed by atoms with Gasteiger partial charge in [0.05, 0.1) is 4.92 Å². The van der Waals surface area contributed by atoms with Gasteiger partial charge in [0.2, 0.25) is 11.7 Å². The number of ketones is 1. The molecule has 2 aromatic heterocycles. The normalized spacial score (nSPS) is 14.9. The number of anilines is 1. The van der Waals surface area contributed by atoms with E-state index < -0.39 is 4.92 Å². The van der Waals surface area contributed by atoms with Gasteiger partial charge in [0.25, 0.3) is 5.69 Å². The number of aryl methyl sites for hydroxylation is 2. The van der Waals surface area contributed by atoms with Crippen LogP contribution in [0.1, 0.15) is 46.7 Å². The quantitative estimate of drug-likeness (QED) is 0.367. The molecule has 0 saturated carbocycles. The van der Waals surface area contributed by atoms with Crippen LogP contribution >= 0.6 is 0 Å². The number of carbonyl (C=O) groups excluding carboxylic acids is 1. The highest BCUT2D eigenvalue weighted by atomic mass is 16.6. The van der Waals surface area contributed by atoms with Crippen LogP contribution in [0, 0.1) is 17.0 Å². The lowest BCUT2D eigenvalue weighted by atomic mass is 9.95. The third-order valence-electron chi connectivity index (χ3n) is 5.20. The molecule has 29 heavy (non-hydrogen) atoms. The van der Waals surface area contributed by atoms with Gasteiger partial charge >= 0.3 is 0 Å². The summed E-state index contributed by atoms with van der Waals surface area (Å²) in [6.07, 6.45) is 4.71. The molecular formula is C19H20N6O4. The smallest absolute Gasteiger partial charge is 0.293 e. The van der Waals surface area contributed by atoms with Gasteiger partial charge in [-0.1, -0.05) is 5.16 Å². The Morgan fingerprint density at radius 2 is 2.07 bits per heavy atom. The van der Waals surface area contributed by atoms with Crippen molar-refractivity contribution in [3.63, 3.8) is 0 Å². The Bertz CT molecular complexity index is 1060. The highest BCUT2D eigenvalue weighted by Crippen LogP contribution is 2.34. The number of hydrogen-bond acceptors (Lipinski definition) is 8. The lowest BCUT2D eigenvalue weighted by molar-refractivity contribution is -0.384. The van der Waals surface area contributed by atoms with Crippen molar-refractivity contribution >= 4 is 17.2 Å². The summed E-state index contributed by atoms with van der Waals surface area (Å²) >= 11 is 0. The molecule has 3 heterocycles. The number of piperidine rings is 1. The first-order chi connectivity index (χ1) is 13.9. The van der Waals surface area contributed by atoms with E-state index in [-0.39, 0.29) is 28.8 Å². The molecule has 0 unspecified atom stereocenters. The SMILES string of the molecule is Cc1nc(C2CCN(c3ccc(C(=O)c4nccn4C)cc3[N+](=O)[O-])CC2)no1. The lowest BCUT2D eigenvalue weighted by Gasteiger charge is -2.32. The van der Waals surface area contributed by atoms with E-state index in [1.165, 1.54) is 12.3 Å². The summed E-state index contributed by atoms with van der Waals surface area (Å²) in [5.41, 5.74) is 0.667. The fraction of sp³-hybridized carbons (Fsp3) is 0.368. The highest BCUT2D eigenvalue weighted by Gasteiger charge is 2.29. The molecule has 1 aliphatic rings. The number of benzene rings is 1. The summed E-state index contributed by atoms with van der Waals surface area (Å²) in [6.45, 7) is 3.01. The van der Waals surface area contributed by atoms with Gasteiger partial charge in [-0.25, -0.2) is 4.98 Å². The van der Waals surface area contributed by atoms with E-state index in [4.69, 9.17) is 4.52 Å². The minimum Gasteiger partial charge on any atom is -0.366 e. The summed E-state index contributed by atoms with van der Waals surface area (Å²) < 4.78 is 6.64. The van der Waals surface area contributed by atoms with Gasteiger partial charge in [-0.3, -0.25) is 14.9 Å². The van der Waals surface area contributed by atoms with Crippen LogP contribution in [0.2, 0.25) is 0 Å². The summed E-state index contributed by atoms with van der Waals surface area (Å²) in [6, 6.07) is 4.60. The number of aromatic nitrogens is 4. The van der Waals surface area contributed by atoms with Gasteiger partial charge < -0.3 is 14.0 Å². The second kappa shape index (κ2) is 7.46. The molecule has 0 spiro atoms. The maximum atomic E-state index is 12.7. The van der Waals surface area contributed by atoms with Crippen molar-refractivity contribution in [3.8, 4) is 0 Å². The Kier molecular flexibility index (Phi) is 4.83. The Morgan fingerprint density at radius 1 is 1.31 bits per heavy atom. The molecule has 1 aromatic carbocycles. The van der Waals surface area contributed by atoms with E-state index in [9.17, 15) is 14.9 Å². The Morgan fingerprint density at radius 3 is 2.66 bits per heavy atom. The van der Waals surface area contributed by atoms with Crippen LogP contribution in [0.25, 0.3) is 0 Å². The van der Waals surface area contributed by atoms with Crippen molar-refractivity contribution in [2.24, 2.45) is 7.05 Å². The van der Waals surface area contributed by atoms with Crippen LogP contribution < -0.4 is 4.90 Å². The number of imidazole rings is 1. The molecule has 150 valence electrons. The van der Waals surface area contributed by atoms with Crippen LogP contribution in [0.3, 0.4) is 0 Å². The van der Waals surface area contributed by atoms with E-state index in [2.05, 4.69) is 15.1 Å². The summed E-state index contributed by atoms with van der Waals surface area (Å²) in [7, 11) is 1.71. The van der Waals surface area contributed by atoms with Gasteiger partial charge in [-0.05, 0) is 25.0 Å². The fourth-order valence-electron chi connectivity index (χ4n) is 3.65. The number of nitro groups is 1. The summed E-state index contributed by atoms with van der Waals surface area (Å²) in [5, 5.41) is 15.7. The monoisotopic (exact) mass is 396 g/mol. The number of nitro benzene ring substituents is 1. The molecule has 1 saturated heterocycles. The van der Waals surface area contributed by atoms with Gasteiger partial charge in [-0.15, -0.1) is 0 Å². The Balaban J connectivity index is 1.56. The number of rotatable bonds is 5. The topological polar surface area (TPSA) is 120 Å². The second-order valence-corrected chi connectivity index (χ2v) is 7.08. The molecular weight excluding hydrogens is 376 g/mol. The lowest BCUT2D eigenvalue weighted by Crippen LogP contribution is -2.33. The zero-order valence-corrected chi connectivity index (χ0v) is 16.1. The molecule has 4 rings (SSSR count). The zero-order chi connectivity index (χ0) is 20.5. The molecule has 0 bridgehead atoms. The second-order valence-electron chi connectivity index (χ2n) is 7.08. The van der Waals surface area contributed by atoms with E-state index in [1.807, 2.05) is 4.90 Å². The summed E-state index contributed by atoms with van der Waals surface area (Å²) in [5.74, 6) is 1.28. The van der Waals surface area contributed by atoms with Gasteiger partial charge in [0.15, 0.2) is 11.6 Å². The van der Waals surface area contributed by atoms with Crippen molar-refractivity contribution < 1.29 is 14.2 Å². The van der Waals surface area contributed by atoms with Gasteiger partial charge in [0.1, 0.15) is 5.69 Å². The van der Waals surface area contributed by atoms with Crippen molar-refractivity contribution in [1.29, 1.82) is 0 Å². The van der Waals surface area contributed by atoms with Crippen molar-refractivity contribution in [1.82, 2.24) is 19.7 Å². The van der Waals surface area contributed by atoms with Crippen LogP contribution in [-0.4, -0.2) is 43.5 Å². The Hall–Kier alpha value is -3.56. The molecule has 10 heteroatoms. The predicted octanol–water partition coefficient (Wildman–Crippen LogP) is 2.63. The first-order valence-electron chi connectivity index (χ1n) is 9.29. The first kappa shape index (κ1) is 18.8. The molecule has 3 aromatic rings. The van der Waals surface area contributed by atoms with E-state index in [1.54, 1.807) is 36.9 Å². The molecule has 1 fully saturated rings. The fourth-order valence-corrected chi connectivity index (χ4v) is 3.65. The molecule has 0 radical (unpaired) electrons. The number of carbonyl (C=O) groups is 1. The zero-order valence-electron chi connectivity index (χ0n) is 16.1. The van der Waals surface area contributed by atoms with E-state index in [0.29, 0.717) is 30.5 Å². The Labute approximate surface area is 166 Å². The molecule has 0 aliphatic carbocycles. The number of nitrogens with zero attached hydrogens (tertiary/aromatic N) is 6. The van der Waals surface area contributed by atoms with Gasteiger partial charge in [0, 0.05) is 57.0 Å². The average molecular weight is 396 g/mol. The highest BCUT2D eigenvalue weighted by molar-refractivity contribution is 6.07. The first-order valence-corrected chi connectivity index (χ1v) is 9.29. The predicted molar refractivity (Wildman–Crippen MR) is 103 cm³/mol. The van der Waals surface area contributed by atoms with Crippen molar-refractivity contribution in [3.05, 3.63) is 63.8 Å². The van der Waals surface area contributed by atoms with Crippen molar-refractivity contribution in [2.45, 2.75) is 25.7 Å². The molecule has 0 atom stereocenters. The summed E-state index contributed by atoms with van der Waals surface area (Å²) in [4.78, 5) is 34.2. The minimum atomic E-state index is -0.445. The maximum Gasteiger partial charge on any atom is 0.293 e. The number of hydrogen-bond donors (Lipinski definition) is 0. The van der Waals surface area contributed by atoms with E-state index >= 15 is 0 Å². The van der Waals surface area contributed by atoms with Crippen LogP contribution in [0.15, 0.2) is 35.1 Å².